The van der Waals surface area contributed by atoms with E-state index >= 15 is 0 Å². The molecule has 1 aliphatic rings. The van der Waals surface area contributed by atoms with Crippen LogP contribution in [0.2, 0.25) is 0 Å². The molecule has 2 atom stereocenters. The molecule has 1 saturated heterocycles. The standard InChI is InChI=1S/C14H20N2O2/c1-10-13(6-7-18-10)16(2)14(17)12-5-3-4-11(8-12)9-15/h3-5,8,10,13H,6-7,9,15H2,1-2H3. The molecule has 1 aromatic rings. The van der Waals surface area contributed by atoms with Crippen LogP contribution < -0.4 is 5.73 Å². The van der Waals surface area contributed by atoms with Crippen molar-refractivity contribution in [3.05, 3.63) is 35.4 Å². The summed E-state index contributed by atoms with van der Waals surface area (Å²) in [5.41, 5.74) is 7.27. The van der Waals surface area contributed by atoms with Crippen LogP contribution in [0.1, 0.15) is 29.3 Å². The Morgan fingerprint density at radius 3 is 2.94 bits per heavy atom. The third kappa shape index (κ3) is 2.54. The maximum absolute atomic E-state index is 12.4. The van der Waals surface area contributed by atoms with E-state index in [0.29, 0.717) is 12.1 Å². The van der Waals surface area contributed by atoms with E-state index in [1.165, 1.54) is 0 Å². The number of likely N-dealkylation sites (N-methyl/N-ethyl adjacent to an activating group) is 1. The Hall–Kier alpha value is -1.39. The Kier molecular flexibility index (Phi) is 3.99. The average Bonchev–Trinajstić information content (AvgIpc) is 2.83. The highest BCUT2D eigenvalue weighted by Gasteiger charge is 2.30. The first-order chi connectivity index (χ1) is 8.63. The lowest BCUT2D eigenvalue weighted by Crippen LogP contribution is -2.41. The number of amides is 1. The molecule has 1 fully saturated rings. The van der Waals surface area contributed by atoms with Crippen LogP contribution in [0.15, 0.2) is 24.3 Å². The zero-order valence-corrected chi connectivity index (χ0v) is 10.9. The van der Waals surface area contributed by atoms with Crippen molar-refractivity contribution in [2.45, 2.75) is 32.0 Å². The zero-order valence-electron chi connectivity index (χ0n) is 10.9. The minimum Gasteiger partial charge on any atom is -0.376 e. The molecular weight excluding hydrogens is 228 g/mol. The number of rotatable bonds is 3. The minimum absolute atomic E-state index is 0.0349. The molecule has 2 rings (SSSR count). The lowest BCUT2D eigenvalue weighted by atomic mass is 10.1. The first kappa shape index (κ1) is 13.1. The third-order valence-electron chi connectivity index (χ3n) is 3.56. The van der Waals surface area contributed by atoms with Crippen molar-refractivity contribution in [1.82, 2.24) is 4.90 Å². The van der Waals surface area contributed by atoms with Gasteiger partial charge in [-0.1, -0.05) is 12.1 Å². The van der Waals surface area contributed by atoms with Gasteiger partial charge in [0.15, 0.2) is 0 Å². The number of benzene rings is 1. The fraction of sp³-hybridized carbons (Fsp3) is 0.500. The predicted octanol–water partition coefficient (Wildman–Crippen LogP) is 1.39. The largest absolute Gasteiger partial charge is 0.376 e. The fourth-order valence-electron chi connectivity index (χ4n) is 2.41. The second kappa shape index (κ2) is 5.50. The van der Waals surface area contributed by atoms with Crippen molar-refractivity contribution in [1.29, 1.82) is 0 Å². The molecule has 1 aliphatic heterocycles. The summed E-state index contributed by atoms with van der Waals surface area (Å²) in [5.74, 6) is 0.0349. The van der Waals surface area contributed by atoms with E-state index in [2.05, 4.69) is 0 Å². The summed E-state index contributed by atoms with van der Waals surface area (Å²) < 4.78 is 5.50. The quantitative estimate of drug-likeness (QED) is 0.879. The molecule has 98 valence electrons. The molecule has 1 heterocycles. The van der Waals surface area contributed by atoms with Crippen LogP contribution in [-0.2, 0) is 11.3 Å². The van der Waals surface area contributed by atoms with Crippen molar-refractivity contribution in [2.24, 2.45) is 5.73 Å². The van der Waals surface area contributed by atoms with Crippen LogP contribution in [0, 0.1) is 0 Å². The summed E-state index contributed by atoms with van der Waals surface area (Å²) in [6.07, 6.45) is 1.01. The number of carbonyl (C=O) groups is 1. The average molecular weight is 248 g/mol. The lowest BCUT2D eigenvalue weighted by Gasteiger charge is -2.27. The van der Waals surface area contributed by atoms with Crippen LogP contribution in [-0.4, -0.2) is 36.6 Å². The van der Waals surface area contributed by atoms with Crippen molar-refractivity contribution < 1.29 is 9.53 Å². The zero-order chi connectivity index (χ0) is 13.1. The molecular formula is C14H20N2O2. The summed E-state index contributed by atoms with van der Waals surface area (Å²) in [7, 11) is 1.84. The number of nitrogens with zero attached hydrogens (tertiary/aromatic N) is 1. The molecule has 4 nitrogen and oxygen atoms in total. The van der Waals surface area contributed by atoms with Crippen LogP contribution in [0.3, 0.4) is 0 Å². The van der Waals surface area contributed by atoms with E-state index in [1.807, 2.05) is 38.2 Å². The van der Waals surface area contributed by atoms with Crippen molar-refractivity contribution in [3.63, 3.8) is 0 Å². The van der Waals surface area contributed by atoms with Gasteiger partial charge in [-0.05, 0) is 31.0 Å². The Balaban J connectivity index is 2.14. The molecule has 1 aromatic carbocycles. The number of hydrogen-bond acceptors (Lipinski definition) is 3. The predicted molar refractivity (Wildman–Crippen MR) is 70.2 cm³/mol. The van der Waals surface area contributed by atoms with Gasteiger partial charge in [0.05, 0.1) is 12.1 Å². The first-order valence-corrected chi connectivity index (χ1v) is 6.31. The summed E-state index contributed by atoms with van der Waals surface area (Å²) in [6, 6.07) is 7.66. The van der Waals surface area contributed by atoms with Gasteiger partial charge in [0.2, 0.25) is 0 Å². The lowest BCUT2D eigenvalue weighted by molar-refractivity contribution is 0.0574. The molecule has 2 N–H and O–H groups in total. The Morgan fingerprint density at radius 1 is 1.56 bits per heavy atom. The molecule has 4 heteroatoms. The fourth-order valence-corrected chi connectivity index (χ4v) is 2.41. The molecule has 0 radical (unpaired) electrons. The van der Waals surface area contributed by atoms with Gasteiger partial charge in [-0.2, -0.15) is 0 Å². The Morgan fingerprint density at radius 2 is 2.33 bits per heavy atom. The van der Waals surface area contributed by atoms with Crippen molar-refractivity contribution in [2.75, 3.05) is 13.7 Å². The highest BCUT2D eigenvalue weighted by Crippen LogP contribution is 2.20. The van der Waals surface area contributed by atoms with E-state index in [1.54, 1.807) is 4.90 Å². The SMILES string of the molecule is CC1OCCC1N(C)C(=O)c1cccc(CN)c1. The number of hydrogen-bond donors (Lipinski definition) is 1. The number of carbonyl (C=O) groups excluding carboxylic acids is 1. The van der Waals surface area contributed by atoms with Gasteiger partial charge in [-0.3, -0.25) is 4.79 Å². The van der Waals surface area contributed by atoms with Crippen LogP contribution in [0.4, 0.5) is 0 Å². The Bertz CT molecular complexity index is 434. The van der Waals surface area contributed by atoms with E-state index in [4.69, 9.17) is 10.5 Å². The molecule has 0 aliphatic carbocycles. The van der Waals surface area contributed by atoms with Gasteiger partial charge < -0.3 is 15.4 Å². The smallest absolute Gasteiger partial charge is 0.253 e. The maximum atomic E-state index is 12.4. The minimum atomic E-state index is 0.0349. The van der Waals surface area contributed by atoms with Crippen molar-refractivity contribution in [3.8, 4) is 0 Å². The normalized spacial score (nSPS) is 23.1. The highest BCUT2D eigenvalue weighted by molar-refractivity contribution is 5.94. The monoisotopic (exact) mass is 248 g/mol. The summed E-state index contributed by atoms with van der Waals surface area (Å²) in [5, 5.41) is 0. The Labute approximate surface area is 108 Å². The molecule has 0 spiro atoms. The molecule has 0 saturated carbocycles. The van der Waals surface area contributed by atoms with Crippen molar-refractivity contribution >= 4 is 5.91 Å². The first-order valence-electron chi connectivity index (χ1n) is 6.31. The van der Waals surface area contributed by atoms with Crippen LogP contribution >= 0.6 is 0 Å². The van der Waals surface area contributed by atoms with Gasteiger partial charge in [0.1, 0.15) is 0 Å². The highest BCUT2D eigenvalue weighted by atomic mass is 16.5. The maximum Gasteiger partial charge on any atom is 0.253 e. The number of ether oxygens (including phenoxy) is 1. The van der Waals surface area contributed by atoms with Crippen LogP contribution in [0.25, 0.3) is 0 Å². The molecule has 2 unspecified atom stereocenters. The molecule has 1 amide bonds. The van der Waals surface area contributed by atoms with Gasteiger partial charge in [0, 0.05) is 25.8 Å². The van der Waals surface area contributed by atoms with E-state index in [-0.39, 0.29) is 18.1 Å². The van der Waals surface area contributed by atoms with Gasteiger partial charge in [-0.25, -0.2) is 0 Å². The second-order valence-corrected chi connectivity index (χ2v) is 4.75. The summed E-state index contributed by atoms with van der Waals surface area (Å²) in [6.45, 7) is 3.19. The van der Waals surface area contributed by atoms with E-state index < -0.39 is 0 Å². The van der Waals surface area contributed by atoms with E-state index in [9.17, 15) is 4.79 Å². The molecule has 0 aromatic heterocycles. The van der Waals surface area contributed by atoms with Gasteiger partial charge in [-0.15, -0.1) is 0 Å². The number of nitrogens with two attached hydrogens (primary N) is 1. The molecule has 0 bridgehead atoms. The van der Waals surface area contributed by atoms with Gasteiger partial charge in [0.25, 0.3) is 5.91 Å². The van der Waals surface area contributed by atoms with Crippen LogP contribution in [0.5, 0.6) is 0 Å². The molecule has 18 heavy (non-hydrogen) atoms. The third-order valence-corrected chi connectivity index (χ3v) is 3.56. The topological polar surface area (TPSA) is 55.6 Å². The van der Waals surface area contributed by atoms with E-state index in [0.717, 1.165) is 18.6 Å². The summed E-state index contributed by atoms with van der Waals surface area (Å²) >= 11 is 0. The van der Waals surface area contributed by atoms with Gasteiger partial charge >= 0.3 is 0 Å². The summed E-state index contributed by atoms with van der Waals surface area (Å²) in [4.78, 5) is 14.2. The second-order valence-electron chi connectivity index (χ2n) is 4.75.